The predicted molar refractivity (Wildman–Crippen MR) is 77.1 cm³/mol. The van der Waals surface area contributed by atoms with Crippen molar-refractivity contribution in [2.75, 3.05) is 7.11 Å². The molecule has 19 heavy (non-hydrogen) atoms. The summed E-state index contributed by atoms with van der Waals surface area (Å²) >= 11 is 18.2. The number of alkyl halides is 1. The van der Waals surface area contributed by atoms with Crippen molar-refractivity contribution in [1.29, 1.82) is 0 Å². The van der Waals surface area contributed by atoms with Gasteiger partial charge in [0.15, 0.2) is 0 Å². The van der Waals surface area contributed by atoms with Crippen molar-refractivity contribution in [3.05, 3.63) is 63.4 Å². The number of halogens is 4. The molecule has 5 heteroatoms. The molecule has 2 aromatic carbocycles. The molecule has 2 aromatic rings. The van der Waals surface area contributed by atoms with Crippen molar-refractivity contribution in [3.8, 4) is 5.75 Å². The first kappa shape index (κ1) is 14.4. The van der Waals surface area contributed by atoms with Crippen LogP contribution in [0.1, 0.15) is 16.5 Å². The molecule has 0 aliphatic heterocycles. The number of methoxy groups -OCH3 is 1. The summed E-state index contributed by atoms with van der Waals surface area (Å²) < 4.78 is 19.0. The molecule has 0 saturated heterocycles. The van der Waals surface area contributed by atoms with Gasteiger partial charge in [-0.2, -0.15) is 0 Å². The first-order chi connectivity index (χ1) is 9.04. The second-order valence-corrected chi connectivity index (χ2v) is 5.14. The van der Waals surface area contributed by atoms with Crippen LogP contribution in [-0.4, -0.2) is 7.11 Å². The van der Waals surface area contributed by atoms with Crippen LogP contribution in [0, 0.1) is 5.82 Å². The van der Waals surface area contributed by atoms with Crippen LogP contribution in [0.25, 0.3) is 0 Å². The molecule has 0 N–H and O–H groups in total. The Morgan fingerprint density at radius 1 is 1.05 bits per heavy atom. The van der Waals surface area contributed by atoms with E-state index >= 15 is 0 Å². The van der Waals surface area contributed by atoms with Gasteiger partial charge in [-0.25, -0.2) is 4.39 Å². The van der Waals surface area contributed by atoms with E-state index in [1.165, 1.54) is 6.07 Å². The quantitative estimate of drug-likeness (QED) is 0.682. The molecule has 100 valence electrons. The van der Waals surface area contributed by atoms with Crippen LogP contribution < -0.4 is 4.74 Å². The molecule has 0 bridgehead atoms. The number of hydrogen-bond acceptors (Lipinski definition) is 1. The minimum Gasteiger partial charge on any atom is -0.497 e. The molecule has 0 fully saturated rings. The molecule has 2 rings (SSSR count). The van der Waals surface area contributed by atoms with E-state index in [-0.39, 0.29) is 5.02 Å². The third-order valence-electron chi connectivity index (χ3n) is 2.74. The molecule has 0 aromatic heterocycles. The normalized spacial score (nSPS) is 12.3. The summed E-state index contributed by atoms with van der Waals surface area (Å²) in [5.41, 5.74) is 0.895. The van der Waals surface area contributed by atoms with E-state index in [1.54, 1.807) is 37.4 Å². The maximum Gasteiger partial charge on any atom is 0.146 e. The Bertz CT molecular complexity index is 601. The van der Waals surface area contributed by atoms with Gasteiger partial charge in [-0.1, -0.05) is 41.4 Å². The Morgan fingerprint density at radius 2 is 1.79 bits per heavy atom. The second kappa shape index (κ2) is 6.00. The summed E-state index contributed by atoms with van der Waals surface area (Å²) in [6.07, 6.45) is 0. The fourth-order valence-electron chi connectivity index (χ4n) is 1.72. The molecule has 0 aliphatic carbocycles. The van der Waals surface area contributed by atoms with Crippen molar-refractivity contribution in [3.63, 3.8) is 0 Å². The number of rotatable bonds is 3. The van der Waals surface area contributed by atoms with Crippen LogP contribution in [0.2, 0.25) is 10.0 Å². The summed E-state index contributed by atoms with van der Waals surface area (Å²) in [5, 5.41) is -0.261. The molecule has 0 amide bonds. The van der Waals surface area contributed by atoms with Crippen LogP contribution in [0.4, 0.5) is 4.39 Å². The number of ether oxygens (including phenoxy) is 1. The maximum atomic E-state index is 13.9. The molecular weight excluding hydrogens is 310 g/mol. The lowest BCUT2D eigenvalue weighted by Gasteiger charge is -2.14. The Morgan fingerprint density at radius 3 is 2.42 bits per heavy atom. The zero-order valence-electron chi connectivity index (χ0n) is 9.96. The minimum atomic E-state index is -0.711. The van der Waals surface area contributed by atoms with Gasteiger partial charge in [-0.05, 0) is 23.8 Å². The molecule has 0 spiro atoms. The lowest BCUT2D eigenvalue weighted by Crippen LogP contribution is -1.99. The predicted octanol–water partition coefficient (Wildman–Crippen LogP) is 5.47. The fourth-order valence-corrected chi connectivity index (χ4v) is 2.60. The van der Waals surface area contributed by atoms with E-state index in [2.05, 4.69) is 0 Å². The molecule has 0 heterocycles. The first-order valence-corrected chi connectivity index (χ1v) is 6.65. The van der Waals surface area contributed by atoms with Crippen LogP contribution >= 0.6 is 34.8 Å². The van der Waals surface area contributed by atoms with E-state index in [0.717, 1.165) is 0 Å². The van der Waals surface area contributed by atoms with Crippen molar-refractivity contribution in [1.82, 2.24) is 0 Å². The lowest BCUT2D eigenvalue weighted by atomic mass is 10.0. The van der Waals surface area contributed by atoms with Crippen LogP contribution in [-0.2, 0) is 0 Å². The van der Waals surface area contributed by atoms with E-state index < -0.39 is 11.2 Å². The fraction of sp³-hybridized carbons (Fsp3) is 0.143. The minimum absolute atomic E-state index is 0.0350. The van der Waals surface area contributed by atoms with E-state index in [0.29, 0.717) is 21.9 Å². The smallest absolute Gasteiger partial charge is 0.146 e. The molecule has 0 saturated carbocycles. The Balaban J connectivity index is 2.44. The highest BCUT2D eigenvalue weighted by Gasteiger charge is 2.19. The summed E-state index contributed by atoms with van der Waals surface area (Å²) in [6.45, 7) is 0. The molecule has 0 radical (unpaired) electrons. The van der Waals surface area contributed by atoms with Gasteiger partial charge in [-0.3, -0.25) is 0 Å². The largest absolute Gasteiger partial charge is 0.497 e. The zero-order valence-corrected chi connectivity index (χ0v) is 12.2. The second-order valence-electron chi connectivity index (χ2n) is 3.89. The summed E-state index contributed by atoms with van der Waals surface area (Å²) in [5.74, 6) is 0.0836. The van der Waals surface area contributed by atoms with Crippen molar-refractivity contribution in [2.24, 2.45) is 0 Å². The Labute approximate surface area is 125 Å². The maximum absolute atomic E-state index is 13.9. The zero-order chi connectivity index (χ0) is 14.0. The van der Waals surface area contributed by atoms with Gasteiger partial charge in [0.05, 0.1) is 17.5 Å². The first-order valence-electron chi connectivity index (χ1n) is 5.46. The Hall–Kier alpha value is -0.960. The van der Waals surface area contributed by atoms with Crippen molar-refractivity contribution < 1.29 is 9.13 Å². The van der Waals surface area contributed by atoms with Crippen molar-refractivity contribution >= 4 is 34.8 Å². The van der Waals surface area contributed by atoms with E-state index in [1.807, 2.05) is 0 Å². The standard InChI is InChI=1S/C14H10Cl3FO/c1-19-8-5-6-9(12(16)7-8)13(17)10-3-2-4-11(15)14(10)18/h2-7,13H,1H3. The van der Waals surface area contributed by atoms with Crippen LogP contribution in [0.5, 0.6) is 5.75 Å². The van der Waals surface area contributed by atoms with Gasteiger partial charge in [-0.15, -0.1) is 11.6 Å². The third-order valence-corrected chi connectivity index (χ3v) is 3.82. The molecule has 1 unspecified atom stereocenters. The van der Waals surface area contributed by atoms with Crippen molar-refractivity contribution in [2.45, 2.75) is 5.38 Å². The van der Waals surface area contributed by atoms with Crippen LogP contribution in [0.15, 0.2) is 36.4 Å². The van der Waals surface area contributed by atoms with Gasteiger partial charge in [0.2, 0.25) is 0 Å². The highest BCUT2D eigenvalue weighted by atomic mass is 35.5. The molecule has 1 nitrogen and oxygen atoms in total. The van der Waals surface area contributed by atoms with Gasteiger partial charge < -0.3 is 4.74 Å². The SMILES string of the molecule is COc1ccc(C(Cl)c2cccc(Cl)c2F)c(Cl)c1. The topological polar surface area (TPSA) is 9.23 Å². The average molecular weight is 320 g/mol. The monoisotopic (exact) mass is 318 g/mol. The van der Waals surface area contributed by atoms with Gasteiger partial charge in [0, 0.05) is 10.6 Å². The summed E-state index contributed by atoms with van der Waals surface area (Å²) in [4.78, 5) is 0. The van der Waals surface area contributed by atoms with Crippen LogP contribution in [0.3, 0.4) is 0 Å². The third kappa shape index (κ3) is 2.97. The molecule has 0 aliphatic rings. The molecule has 1 atom stereocenters. The summed E-state index contributed by atoms with van der Waals surface area (Å²) in [7, 11) is 1.54. The number of benzene rings is 2. The lowest BCUT2D eigenvalue weighted by molar-refractivity contribution is 0.414. The molecular formula is C14H10Cl3FO. The average Bonchev–Trinajstić information content (AvgIpc) is 2.41. The Kier molecular flexibility index (Phi) is 4.56. The number of hydrogen-bond donors (Lipinski definition) is 0. The van der Waals surface area contributed by atoms with E-state index in [4.69, 9.17) is 39.5 Å². The van der Waals surface area contributed by atoms with E-state index in [9.17, 15) is 4.39 Å². The van der Waals surface area contributed by atoms with Gasteiger partial charge in [0.25, 0.3) is 0 Å². The summed E-state index contributed by atoms with van der Waals surface area (Å²) in [6, 6.07) is 9.76. The highest BCUT2D eigenvalue weighted by Crippen LogP contribution is 2.37. The highest BCUT2D eigenvalue weighted by molar-refractivity contribution is 6.33. The van der Waals surface area contributed by atoms with Gasteiger partial charge >= 0.3 is 0 Å². The van der Waals surface area contributed by atoms with Gasteiger partial charge in [0.1, 0.15) is 11.6 Å².